The molecule has 364 valence electrons. The van der Waals surface area contributed by atoms with Gasteiger partial charge in [-0.1, -0.05) is 13.8 Å². The summed E-state index contributed by atoms with van der Waals surface area (Å²) in [6.45, 7) is 11.3. The summed E-state index contributed by atoms with van der Waals surface area (Å²) in [5, 5.41) is 1.92. The average molecular weight is 1050 g/mol. The number of hydrogen-bond donors (Lipinski definition) is 1. The van der Waals surface area contributed by atoms with E-state index in [0.717, 1.165) is 12.0 Å². The number of aromatic nitrogens is 2. The minimum absolute atomic E-state index is 0.0547. The molecule has 2 aromatic carbocycles. The van der Waals surface area contributed by atoms with E-state index in [2.05, 4.69) is 17.0 Å². The number of ether oxygens (including phenoxy) is 2. The van der Waals surface area contributed by atoms with Crippen LogP contribution >= 0.6 is 0 Å². The molecule has 3 fully saturated rings. The van der Waals surface area contributed by atoms with Crippen molar-refractivity contribution in [1.29, 1.82) is 0 Å². The van der Waals surface area contributed by atoms with Gasteiger partial charge in [-0.05, 0) is 31.4 Å². The third-order valence-corrected chi connectivity index (χ3v) is 24.0. The summed E-state index contributed by atoms with van der Waals surface area (Å²) in [4.78, 5) is 80.4. The molecule has 0 saturated carbocycles. The summed E-state index contributed by atoms with van der Waals surface area (Å²) >= 11 is -3.46. The Morgan fingerprint density at radius 1 is 1.03 bits per heavy atom. The van der Waals surface area contributed by atoms with Crippen LogP contribution in [0, 0.1) is 17.3 Å². The molecule has 17 heteroatoms. The van der Waals surface area contributed by atoms with Gasteiger partial charge < -0.3 is 9.30 Å². The molecule has 8 rings (SSSR count). The first kappa shape index (κ1) is 50.3. The van der Waals surface area contributed by atoms with Crippen molar-refractivity contribution in [2.75, 3.05) is 32.8 Å². The Morgan fingerprint density at radius 3 is 2.54 bits per heavy atom. The fraction of sp³-hybridized carbons (Fsp3) is 0.481. The van der Waals surface area contributed by atoms with Gasteiger partial charge in [0.15, 0.2) is 0 Å². The quantitative estimate of drug-likeness (QED) is 0.129. The summed E-state index contributed by atoms with van der Waals surface area (Å²) < 4.78 is 59.0. The van der Waals surface area contributed by atoms with E-state index in [9.17, 15) is 37.1 Å². The number of halogens is 3. The van der Waals surface area contributed by atoms with Crippen molar-refractivity contribution in [3.63, 3.8) is 0 Å². The van der Waals surface area contributed by atoms with Crippen LogP contribution in [0.25, 0.3) is 33.3 Å². The summed E-state index contributed by atoms with van der Waals surface area (Å²) in [5.74, 6) is -2.57. The number of likely N-dealkylation sites (tertiary alicyclic amines) is 1. The van der Waals surface area contributed by atoms with Crippen molar-refractivity contribution in [3.8, 4) is 22.4 Å². The van der Waals surface area contributed by atoms with Crippen molar-refractivity contribution in [2.24, 2.45) is 22.2 Å². The van der Waals surface area contributed by atoms with Crippen molar-refractivity contribution < 1.29 is 46.6 Å². The number of carbonyl (C=O) groups is 5. The predicted molar refractivity (Wildman–Crippen MR) is 257 cm³/mol. The number of alkyl halides is 3. The Hall–Kier alpha value is -5.13. The number of nitrogens with one attached hydrogen (secondary N) is 1. The van der Waals surface area contributed by atoms with E-state index in [1.807, 2.05) is 62.7 Å². The molecule has 0 unspecified atom stereocenters. The van der Waals surface area contributed by atoms with Gasteiger partial charge in [0.25, 0.3) is 0 Å². The zero-order chi connectivity index (χ0) is 49.4. The second-order valence-electron chi connectivity index (χ2n) is 20.1. The van der Waals surface area contributed by atoms with E-state index < -0.39 is 67.1 Å². The second kappa shape index (κ2) is 20.7. The van der Waals surface area contributed by atoms with Gasteiger partial charge in [0.1, 0.15) is 12.6 Å². The van der Waals surface area contributed by atoms with Gasteiger partial charge in [-0.15, -0.1) is 0 Å². The monoisotopic (exact) mass is 1050 g/mol. The van der Waals surface area contributed by atoms with Gasteiger partial charge in [-0.25, -0.2) is 0 Å². The third kappa shape index (κ3) is 11.1. The molecule has 13 nitrogen and oxygen atoms in total. The van der Waals surface area contributed by atoms with Gasteiger partial charge in [0, 0.05) is 18.4 Å². The van der Waals surface area contributed by atoms with Crippen molar-refractivity contribution in [3.05, 3.63) is 90.3 Å². The number of aliphatic imine (C=N–C) groups is 1. The minimum atomic E-state index is -4.58. The van der Waals surface area contributed by atoms with Crippen LogP contribution in [0.1, 0.15) is 82.7 Å². The molecule has 3 saturated heterocycles. The van der Waals surface area contributed by atoms with Crippen LogP contribution < -0.4 is 5.43 Å². The van der Waals surface area contributed by atoms with Crippen LogP contribution in [0.15, 0.2) is 78.4 Å². The standard InChI is InChI=1S/C43H47F3N5O5.C8H10NO2.CH3.In/c1-26(2)19-37(52)48-34-21-27-9-5-10-28(20-27)29-14-15-35-31(22-29)32(23-42(3,4)25-56-41(54)33-12-7-17-51(49-33)40(34)53)39(50(35)24-43(44,45)46)30-11-6-16-47-38(30)36-13-8-18-55-36;1-2-8(11)9-4-3-7(5-9)6-10;;/h5-6,9-11,14-16,19-20,22,26,33,36,49H,7-8,12-13,17-18,21,23-25H2,1-4H3;2,7H,1,3-5H2;1H3;/t33-,36-;7-;;/m00../s1. The van der Waals surface area contributed by atoms with Crippen LogP contribution in [0.5, 0.6) is 0 Å². The van der Waals surface area contributed by atoms with Crippen LogP contribution in [0.4, 0.5) is 13.2 Å². The molecule has 3 amide bonds. The first-order valence-corrected chi connectivity index (χ1v) is 30.9. The van der Waals surface area contributed by atoms with Crippen molar-refractivity contribution in [1.82, 2.24) is 24.9 Å². The number of carbonyl (C=O) groups excluding carboxylic acids is 5. The molecule has 4 aromatic rings. The van der Waals surface area contributed by atoms with E-state index >= 15 is 0 Å². The molecular weight excluding hydrogens is 992 g/mol. The molecule has 4 aliphatic rings. The van der Waals surface area contributed by atoms with Gasteiger partial charge in [0.2, 0.25) is 0 Å². The van der Waals surface area contributed by atoms with E-state index in [4.69, 9.17) is 14.5 Å². The number of pyridine rings is 1. The molecular formula is C52H60F3InN6O7. The van der Waals surface area contributed by atoms with Crippen molar-refractivity contribution in [2.45, 2.75) is 106 Å². The Morgan fingerprint density at radius 2 is 1.81 bits per heavy atom. The maximum atomic E-state index is 14.8. The number of esters is 1. The molecule has 4 atom stereocenters. The first-order valence-electron chi connectivity index (χ1n) is 24.0. The Labute approximate surface area is 408 Å². The molecule has 69 heavy (non-hydrogen) atoms. The molecule has 6 heterocycles. The number of fused-ring (bicyclic) bond motifs is 6. The van der Waals surface area contributed by atoms with Gasteiger partial charge in [-0.3, -0.25) is 4.98 Å². The molecule has 6 bridgehead atoms. The summed E-state index contributed by atoms with van der Waals surface area (Å²) in [6, 6.07) is 15.4. The number of benzene rings is 2. The second-order valence-corrected chi connectivity index (χ2v) is 28.3. The molecule has 4 aliphatic heterocycles. The van der Waals surface area contributed by atoms with Gasteiger partial charge >= 0.3 is 295 Å². The number of hydrazine groups is 1. The number of cyclic esters (lactones) is 1. The number of rotatable bonds is 9. The SMILES string of the molecule is C=CC(=O)N1CC[C@H]([C](=O)[In]([CH3])[C@H](C(=O)N=C2Cc3cccc(c3)-c3ccc4c(c3)c(c(-c3cccnc3[C@@H]3CCCO3)n4CC(F)(F)F)CC(C)(C)COC(=O)[C@@H]3CCCN(N3)C2=O)C(C)C)C1. The van der Waals surface area contributed by atoms with Crippen LogP contribution in [-0.2, 0) is 52.8 Å². The number of amides is 3. The molecule has 0 radical (unpaired) electrons. The number of nitrogens with zero attached hydrogens (tertiary/aromatic N) is 5. The summed E-state index contributed by atoms with van der Waals surface area (Å²) in [6.07, 6.45) is 0.863. The molecule has 0 spiro atoms. The third-order valence-electron chi connectivity index (χ3n) is 14.0. The maximum absolute atomic E-state index is 14.8. The van der Waals surface area contributed by atoms with Crippen LogP contribution in [0.3, 0.4) is 0 Å². The zero-order valence-electron chi connectivity index (χ0n) is 39.9. The van der Waals surface area contributed by atoms with E-state index in [0.29, 0.717) is 83.4 Å². The topological polar surface area (TPSA) is 152 Å². The first-order chi connectivity index (χ1) is 32.8. The normalized spacial score (nSPS) is 22.2. The zero-order valence-corrected chi connectivity index (χ0v) is 43.2. The van der Waals surface area contributed by atoms with Crippen molar-refractivity contribution >= 4 is 65.3 Å². The Bertz CT molecular complexity index is 2690. The van der Waals surface area contributed by atoms with E-state index in [1.54, 1.807) is 35.4 Å². The summed E-state index contributed by atoms with van der Waals surface area (Å²) in [7, 11) is 0. The molecule has 1 N–H and O–H groups in total. The predicted octanol–water partition coefficient (Wildman–Crippen LogP) is 8.21. The van der Waals surface area contributed by atoms with Gasteiger partial charge in [-0.2, -0.15) is 13.2 Å². The Kier molecular flexibility index (Phi) is 15.1. The molecule has 0 aliphatic carbocycles. The van der Waals surface area contributed by atoms with Gasteiger partial charge in [0.05, 0.1) is 11.4 Å². The van der Waals surface area contributed by atoms with E-state index in [-0.39, 0.29) is 65.6 Å². The van der Waals surface area contributed by atoms with E-state index in [1.165, 1.54) is 15.7 Å². The summed E-state index contributed by atoms with van der Waals surface area (Å²) in [5.41, 5.74) is 6.79. The average Bonchev–Trinajstić information content (AvgIpc) is 4.10. The fourth-order valence-corrected chi connectivity index (χ4v) is 19.3. The fourth-order valence-electron chi connectivity index (χ4n) is 10.6. The Balaban J connectivity index is 1.24. The molecule has 2 aromatic heterocycles. The number of hydrogen-bond acceptors (Lipinski definition) is 9. The van der Waals surface area contributed by atoms with Crippen LogP contribution in [0.2, 0.25) is 8.35 Å². The van der Waals surface area contributed by atoms with Crippen LogP contribution in [-0.4, -0.2) is 119 Å².